The van der Waals surface area contributed by atoms with Crippen LogP contribution in [0.4, 0.5) is 5.69 Å². The van der Waals surface area contributed by atoms with Crippen LogP contribution in [-0.4, -0.2) is 35.9 Å². The molecule has 1 aromatic carbocycles. The number of nitrogens with one attached hydrogen (secondary N) is 1. The molecule has 0 aliphatic carbocycles. The van der Waals surface area contributed by atoms with Gasteiger partial charge in [0, 0.05) is 30.8 Å². The number of carbonyl (C=O) groups excluding carboxylic acids is 1. The van der Waals surface area contributed by atoms with Crippen LogP contribution in [0.15, 0.2) is 29.4 Å². The molecule has 0 bridgehead atoms. The second-order valence-electron chi connectivity index (χ2n) is 7.16. The van der Waals surface area contributed by atoms with Gasteiger partial charge in [-0.2, -0.15) is 5.10 Å². The average Bonchev–Trinajstić information content (AvgIpc) is 2.90. The Bertz CT molecular complexity index is 576. The second-order valence-corrected chi connectivity index (χ2v) is 7.16. The van der Waals surface area contributed by atoms with Crippen LogP contribution in [0.2, 0.25) is 0 Å². The van der Waals surface area contributed by atoms with E-state index in [1.54, 1.807) is 6.92 Å². The van der Waals surface area contributed by atoms with Crippen LogP contribution in [-0.2, 0) is 0 Å². The summed E-state index contributed by atoms with van der Waals surface area (Å²) in [5.74, 6) is -0.0867. The van der Waals surface area contributed by atoms with Crippen LogP contribution in [0, 0.1) is 5.41 Å². The van der Waals surface area contributed by atoms with E-state index in [1.807, 2.05) is 50.0 Å². The maximum atomic E-state index is 12.2. The molecule has 1 aliphatic rings. The topological polar surface area (TPSA) is 64.9 Å². The van der Waals surface area contributed by atoms with Crippen molar-refractivity contribution < 1.29 is 9.90 Å². The Labute approximate surface area is 138 Å². The fourth-order valence-electron chi connectivity index (χ4n) is 2.84. The highest BCUT2D eigenvalue weighted by molar-refractivity contribution is 5.94. The maximum Gasteiger partial charge on any atom is 0.251 e. The number of hydrazone groups is 1. The van der Waals surface area contributed by atoms with Crippen LogP contribution < -0.4 is 10.3 Å². The molecule has 0 fully saturated rings. The number of hydrogen-bond donors (Lipinski definition) is 2. The van der Waals surface area contributed by atoms with Gasteiger partial charge in [0.15, 0.2) is 0 Å². The van der Waals surface area contributed by atoms with Crippen molar-refractivity contribution in [3.05, 3.63) is 29.8 Å². The number of hydrogen-bond acceptors (Lipinski definition) is 4. The minimum absolute atomic E-state index is 0.0867. The van der Waals surface area contributed by atoms with E-state index >= 15 is 0 Å². The minimum atomic E-state index is -0.370. The van der Waals surface area contributed by atoms with Gasteiger partial charge in [-0.1, -0.05) is 13.8 Å². The van der Waals surface area contributed by atoms with Gasteiger partial charge in [0.25, 0.3) is 5.91 Å². The molecule has 23 heavy (non-hydrogen) atoms. The Morgan fingerprint density at radius 3 is 2.57 bits per heavy atom. The molecule has 2 rings (SSSR count). The normalized spacial score (nSPS) is 16.2. The summed E-state index contributed by atoms with van der Waals surface area (Å²) in [6.45, 7) is 9.30. The molecule has 0 saturated carbocycles. The fourth-order valence-corrected chi connectivity index (χ4v) is 2.84. The zero-order chi connectivity index (χ0) is 17.0. The minimum Gasteiger partial charge on any atom is -0.393 e. The summed E-state index contributed by atoms with van der Waals surface area (Å²) in [6.07, 6.45) is 1.27. The van der Waals surface area contributed by atoms with Crippen LogP contribution >= 0.6 is 0 Å². The molecule has 0 aromatic heterocycles. The highest BCUT2D eigenvalue weighted by Crippen LogP contribution is 2.22. The summed E-state index contributed by atoms with van der Waals surface area (Å²) in [6, 6.07) is 7.51. The largest absolute Gasteiger partial charge is 0.393 e. The summed E-state index contributed by atoms with van der Waals surface area (Å²) >= 11 is 0. The number of benzene rings is 1. The molecule has 1 heterocycles. The molecule has 0 saturated heterocycles. The Morgan fingerprint density at radius 1 is 1.39 bits per heavy atom. The first-order valence-corrected chi connectivity index (χ1v) is 8.15. The third kappa shape index (κ3) is 5.06. The van der Waals surface area contributed by atoms with Crippen molar-refractivity contribution in [3.63, 3.8) is 0 Å². The summed E-state index contributed by atoms with van der Waals surface area (Å²) < 4.78 is 0. The van der Waals surface area contributed by atoms with Crippen molar-refractivity contribution in [1.29, 1.82) is 0 Å². The van der Waals surface area contributed by atoms with Gasteiger partial charge in [-0.25, -0.2) is 0 Å². The van der Waals surface area contributed by atoms with E-state index in [2.05, 4.69) is 10.4 Å². The quantitative estimate of drug-likeness (QED) is 0.848. The van der Waals surface area contributed by atoms with E-state index in [9.17, 15) is 9.90 Å². The van der Waals surface area contributed by atoms with Crippen LogP contribution in [0.3, 0.4) is 0 Å². The second kappa shape index (κ2) is 7.13. The predicted molar refractivity (Wildman–Crippen MR) is 93.9 cm³/mol. The number of anilines is 1. The van der Waals surface area contributed by atoms with Crippen molar-refractivity contribution >= 4 is 17.3 Å². The molecule has 1 aromatic rings. The lowest BCUT2D eigenvalue weighted by atomic mass is 9.87. The lowest BCUT2D eigenvalue weighted by Crippen LogP contribution is -2.35. The van der Waals surface area contributed by atoms with Crippen LogP contribution in [0.1, 0.15) is 50.9 Å². The molecule has 1 unspecified atom stereocenters. The number of aliphatic hydroxyl groups is 1. The van der Waals surface area contributed by atoms with Crippen LogP contribution in [0.5, 0.6) is 0 Å². The Kier molecular flexibility index (Phi) is 5.42. The van der Waals surface area contributed by atoms with Crippen molar-refractivity contribution in [2.75, 3.05) is 18.1 Å². The van der Waals surface area contributed by atoms with Gasteiger partial charge in [-0.15, -0.1) is 0 Å². The van der Waals surface area contributed by atoms with Crippen molar-refractivity contribution in [1.82, 2.24) is 5.32 Å². The number of aliphatic hydroxyl groups excluding tert-OH is 1. The van der Waals surface area contributed by atoms with Crippen molar-refractivity contribution in [2.45, 2.75) is 46.6 Å². The van der Waals surface area contributed by atoms with E-state index in [4.69, 9.17) is 0 Å². The van der Waals surface area contributed by atoms with Gasteiger partial charge < -0.3 is 10.4 Å². The van der Waals surface area contributed by atoms with E-state index in [0.29, 0.717) is 18.5 Å². The van der Waals surface area contributed by atoms with E-state index < -0.39 is 0 Å². The fraction of sp³-hybridized carbons (Fsp3) is 0.556. The molecule has 0 radical (unpaired) electrons. The highest BCUT2D eigenvalue weighted by Gasteiger charge is 2.21. The molecule has 0 spiro atoms. The lowest BCUT2D eigenvalue weighted by molar-refractivity contribution is 0.0902. The molecular weight excluding hydrogens is 290 g/mol. The molecule has 5 nitrogen and oxygen atoms in total. The van der Waals surface area contributed by atoms with Crippen molar-refractivity contribution in [2.24, 2.45) is 10.5 Å². The predicted octanol–water partition coefficient (Wildman–Crippen LogP) is 2.80. The van der Waals surface area contributed by atoms with Gasteiger partial charge in [-0.05, 0) is 49.9 Å². The standard InChI is InChI=1S/C18H27N3O2/c1-13-9-10-21(20-13)16-7-5-15(6-8-16)17(23)19-12-18(3,4)11-14(2)22/h5-8,14,22H,9-12H2,1-4H3,(H,19,23). The molecule has 5 heteroatoms. The van der Waals surface area contributed by atoms with Gasteiger partial charge in [0.05, 0.1) is 11.8 Å². The third-order valence-corrected chi connectivity index (χ3v) is 3.98. The maximum absolute atomic E-state index is 12.2. The molecule has 2 N–H and O–H groups in total. The van der Waals surface area contributed by atoms with E-state index in [1.165, 1.54) is 0 Å². The zero-order valence-electron chi connectivity index (χ0n) is 14.5. The third-order valence-electron chi connectivity index (χ3n) is 3.98. The monoisotopic (exact) mass is 317 g/mol. The summed E-state index contributed by atoms with van der Waals surface area (Å²) in [7, 11) is 0. The zero-order valence-corrected chi connectivity index (χ0v) is 14.5. The van der Waals surface area contributed by atoms with Gasteiger partial charge in [0.2, 0.25) is 0 Å². The van der Waals surface area contributed by atoms with Gasteiger partial charge in [0.1, 0.15) is 0 Å². The summed E-state index contributed by atoms with van der Waals surface area (Å²) in [5.41, 5.74) is 2.65. The Morgan fingerprint density at radius 2 is 2.04 bits per heavy atom. The lowest BCUT2D eigenvalue weighted by Gasteiger charge is -2.26. The molecule has 1 amide bonds. The van der Waals surface area contributed by atoms with E-state index in [-0.39, 0.29) is 17.4 Å². The first-order chi connectivity index (χ1) is 10.8. The first kappa shape index (κ1) is 17.5. The molecule has 126 valence electrons. The smallest absolute Gasteiger partial charge is 0.251 e. The highest BCUT2D eigenvalue weighted by atomic mass is 16.3. The number of rotatable bonds is 6. The van der Waals surface area contributed by atoms with Gasteiger partial charge >= 0.3 is 0 Å². The van der Waals surface area contributed by atoms with Gasteiger partial charge in [-0.3, -0.25) is 9.80 Å². The molecular formula is C18H27N3O2. The summed E-state index contributed by atoms with van der Waals surface area (Å²) in [4.78, 5) is 12.2. The average molecular weight is 317 g/mol. The summed E-state index contributed by atoms with van der Waals surface area (Å²) in [5, 5.41) is 18.9. The molecule has 1 atom stereocenters. The Hall–Kier alpha value is -1.88. The molecule has 1 aliphatic heterocycles. The SMILES string of the molecule is CC1=NN(c2ccc(C(=O)NCC(C)(C)CC(C)O)cc2)CC1. The number of amides is 1. The number of carbonyl (C=O) groups is 1. The first-order valence-electron chi connectivity index (χ1n) is 8.15. The van der Waals surface area contributed by atoms with Crippen molar-refractivity contribution in [3.8, 4) is 0 Å². The van der Waals surface area contributed by atoms with Crippen LogP contribution in [0.25, 0.3) is 0 Å². The van der Waals surface area contributed by atoms with E-state index in [0.717, 1.165) is 24.4 Å². The number of nitrogens with zero attached hydrogens (tertiary/aromatic N) is 2. The Balaban J connectivity index is 1.93.